The molecule has 2 aliphatic rings. The summed E-state index contributed by atoms with van der Waals surface area (Å²) in [5.41, 5.74) is 1.44. The summed E-state index contributed by atoms with van der Waals surface area (Å²) >= 11 is 0. The second-order valence-corrected chi connectivity index (χ2v) is 9.26. The first-order valence-corrected chi connectivity index (χ1v) is 11.3. The molecule has 1 atom stereocenters. The van der Waals surface area contributed by atoms with Gasteiger partial charge in [0.1, 0.15) is 0 Å². The van der Waals surface area contributed by atoms with E-state index in [-0.39, 0.29) is 5.92 Å². The minimum atomic E-state index is 0.202. The minimum Gasteiger partial charge on any atom is -0.345 e. The van der Waals surface area contributed by atoms with E-state index in [0.29, 0.717) is 17.9 Å². The average molecular weight is 386 g/mol. The fraction of sp³-hybridized carbons (Fsp3) is 0.708. The molecule has 2 heterocycles. The van der Waals surface area contributed by atoms with Crippen molar-refractivity contribution < 1.29 is 4.79 Å². The quantitative estimate of drug-likeness (QED) is 0.718. The summed E-state index contributed by atoms with van der Waals surface area (Å²) in [5.74, 6) is 1.10. The molecule has 4 nitrogen and oxygen atoms in total. The van der Waals surface area contributed by atoms with E-state index in [1.165, 1.54) is 44.5 Å². The Balaban J connectivity index is 1.43. The second kappa shape index (κ2) is 10.4. The predicted molar refractivity (Wildman–Crippen MR) is 116 cm³/mol. The van der Waals surface area contributed by atoms with Crippen LogP contribution in [-0.4, -0.2) is 73.0 Å². The number of nitrogens with zero attached hydrogens (tertiary/aromatic N) is 3. The molecule has 1 aromatic rings. The molecule has 0 N–H and O–H groups in total. The molecule has 0 radical (unpaired) electrons. The first-order valence-electron chi connectivity index (χ1n) is 11.3. The van der Waals surface area contributed by atoms with Crippen molar-refractivity contribution in [3.8, 4) is 0 Å². The van der Waals surface area contributed by atoms with Crippen LogP contribution in [0.5, 0.6) is 0 Å². The third kappa shape index (κ3) is 6.05. The van der Waals surface area contributed by atoms with Crippen LogP contribution in [0.2, 0.25) is 0 Å². The Hall–Kier alpha value is -1.39. The number of hydrogen-bond acceptors (Lipinski definition) is 3. The monoisotopic (exact) mass is 385 g/mol. The van der Waals surface area contributed by atoms with Crippen LogP contribution in [0.4, 0.5) is 0 Å². The maximum absolute atomic E-state index is 12.8. The van der Waals surface area contributed by atoms with Crippen molar-refractivity contribution in [1.29, 1.82) is 0 Å². The number of hydrogen-bond donors (Lipinski definition) is 0. The van der Waals surface area contributed by atoms with Crippen LogP contribution < -0.4 is 0 Å². The van der Waals surface area contributed by atoms with Crippen LogP contribution in [0.1, 0.15) is 45.1 Å². The van der Waals surface area contributed by atoms with E-state index in [2.05, 4.69) is 54.0 Å². The third-order valence-corrected chi connectivity index (χ3v) is 6.45. The van der Waals surface area contributed by atoms with Crippen LogP contribution in [0.15, 0.2) is 30.3 Å². The molecule has 156 valence electrons. The Morgan fingerprint density at radius 2 is 1.82 bits per heavy atom. The topological polar surface area (TPSA) is 26.8 Å². The predicted octanol–water partition coefficient (Wildman–Crippen LogP) is 3.52. The summed E-state index contributed by atoms with van der Waals surface area (Å²) in [6, 6.07) is 11.5. The zero-order valence-corrected chi connectivity index (χ0v) is 18.1. The van der Waals surface area contributed by atoms with Gasteiger partial charge in [-0.25, -0.2) is 0 Å². The van der Waals surface area contributed by atoms with Crippen LogP contribution in [0, 0.1) is 11.8 Å². The lowest BCUT2D eigenvalue weighted by Gasteiger charge is -2.42. The fourth-order valence-electron chi connectivity index (χ4n) is 4.93. The highest BCUT2D eigenvalue weighted by Crippen LogP contribution is 2.25. The molecule has 1 aromatic carbocycles. The van der Waals surface area contributed by atoms with E-state index < -0.39 is 0 Å². The molecule has 0 aromatic heterocycles. The molecule has 0 bridgehead atoms. The highest BCUT2D eigenvalue weighted by atomic mass is 16.2. The number of rotatable bonds is 7. The summed E-state index contributed by atoms with van der Waals surface area (Å²) in [6.45, 7) is 10.9. The largest absolute Gasteiger partial charge is 0.345 e. The van der Waals surface area contributed by atoms with Crippen LogP contribution >= 0.6 is 0 Å². The van der Waals surface area contributed by atoms with Crippen LogP contribution in [-0.2, 0) is 11.2 Å². The van der Waals surface area contributed by atoms with Gasteiger partial charge in [-0.3, -0.25) is 9.69 Å². The van der Waals surface area contributed by atoms with Gasteiger partial charge in [-0.2, -0.15) is 0 Å². The van der Waals surface area contributed by atoms with Crippen molar-refractivity contribution >= 4 is 5.91 Å². The second-order valence-electron chi connectivity index (χ2n) is 9.26. The number of carbonyl (C=O) groups is 1. The fourth-order valence-corrected chi connectivity index (χ4v) is 4.93. The summed E-state index contributed by atoms with van der Waals surface area (Å²) in [5, 5.41) is 0. The Morgan fingerprint density at radius 1 is 1.11 bits per heavy atom. The molecule has 0 aliphatic carbocycles. The maximum Gasteiger partial charge on any atom is 0.226 e. The van der Waals surface area contributed by atoms with E-state index in [1.807, 2.05) is 11.9 Å². The smallest absolute Gasteiger partial charge is 0.226 e. The van der Waals surface area contributed by atoms with Crippen molar-refractivity contribution in [3.63, 3.8) is 0 Å². The number of amides is 1. The number of carbonyl (C=O) groups excluding carboxylic acids is 1. The summed E-state index contributed by atoms with van der Waals surface area (Å²) in [7, 11) is 1.98. The van der Waals surface area contributed by atoms with E-state index in [0.717, 1.165) is 32.5 Å². The Labute approximate surface area is 171 Å². The SMILES string of the molecule is CC(C)CN(C)C(=O)[C@@H]1CCCN(C2CCN(CCc3ccccc3)CC2)C1. The van der Waals surface area contributed by atoms with Gasteiger partial charge in [0, 0.05) is 32.7 Å². The van der Waals surface area contributed by atoms with Gasteiger partial charge in [-0.1, -0.05) is 44.2 Å². The van der Waals surface area contributed by atoms with E-state index in [9.17, 15) is 4.79 Å². The Morgan fingerprint density at radius 3 is 2.50 bits per heavy atom. The summed E-state index contributed by atoms with van der Waals surface area (Å²) in [6.07, 6.45) is 5.87. The normalized spacial score (nSPS) is 22.5. The lowest BCUT2D eigenvalue weighted by Crippen LogP contribution is -2.51. The van der Waals surface area contributed by atoms with Gasteiger partial charge in [0.05, 0.1) is 5.92 Å². The van der Waals surface area contributed by atoms with Gasteiger partial charge in [0.15, 0.2) is 0 Å². The molecule has 2 aliphatic heterocycles. The Kier molecular flexibility index (Phi) is 7.92. The van der Waals surface area contributed by atoms with Gasteiger partial charge in [-0.05, 0) is 63.2 Å². The molecule has 1 amide bonds. The van der Waals surface area contributed by atoms with Crippen molar-refractivity contribution in [2.45, 2.75) is 52.0 Å². The number of benzene rings is 1. The van der Waals surface area contributed by atoms with Gasteiger partial charge < -0.3 is 9.80 Å². The van der Waals surface area contributed by atoms with E-state index >= 15 is 0 Å². The average Bonchev–Trinajstić information content (AvgIpc) is 2.72. The molecule has 0 spiro atoms. The molecule has 0 saturated carbocycles. The van der Waals surface area contributed by atoms with Gasteiger partial charge in [0.25, 0.3) is 0 Å². The maximum atomic E-state index is 12.8. The van der Waals surface area contributed by atoms with Gasteiger partial charge >= 0.3 is 0 Å². The molecule has 2 saturated heterocycles. The number of piperidine rings is 2. The van der Waals surface area contributed by atoms with Crippen molar-refractivity contribution in [2.24, 2.45) is 11.8 Å². The first-order chi connectivity index (χ1) is 13.5. The highest BCUT2D eigenvalue weighted by molar-refractivity contribution is 5.78. The van der Waals surface area contributed by atoms with Crippen LogP contribution in [0.25, 0.3) is 0 Å². The summed E-state index contributed by atoms with van der Waals surface area (Å²) in [4.78, 5) is 20.0. The third-order valence-electron chi connectivity index (χ3n) is 6.45. The molecule has 2 fully saturated rings. The summed E-state index contributed by atoms with van der Waals surface area (Å²) < 4.78 is 0. The lowest BCUT2D eigenvalue weighted by molar-refractivity contribution is -0.137. The van der Waals surface area contributed by atoms with E-state index in [1.54, 1.807) is 0 Å². The van der Waals surface area contributed by atoms with Crippen LogP contribution in [0.3, 0.4) is 0 Å². The van der Waals surface area contributed by atoms with Gasteiger partial charge in [-0.15, -0.1) is 0 Å². The zero-order valence-electron chi connectivity index (χ0n) is 18.1. The highest BCUT2D eigenvalue weighted by Gasteiger charge is 2.32. The lowest BCUT2D eigenvalue weighted by atomic mass is 9.92. The zero-order chi connectivity index (χ0) is 19.9. The van der Waals surface area contributed by atoms with Crippen molar-refractivity contribution in [3.05, 3.63) is 35.9 Å². The minimum absolute atomic E-state index is 0.202. The van der Waals surface area contributed by atoms with Crippen molar-refractivity contribution in [1.82, 2.24) is 14.7 Å². The van der Waals surface area contributed by atoms with Crippen molar-refractivity contribution in [2.75, 3.05) is 46.3 Å². The Bertz CT molecular complexity index is 595. The molecule has 0 unspecified atom stereocenters. The number of likely N-dealkylation sites (tertiary alicyclic amines) is 2. The molecule has 28 heavy (non-hydrogen) atoms. The van der Waals surface area contributed by atoms with Gasteiger partial charge in [0.2, 0.25) is 5.91 Å². The molecular formula is C24H39N3O. The molecule has 3 rings (SSSR count). The first kappa shape index (κ1) is 21.3. The molecule has 4 heteroatoms. The molecular weight excluding hydrogens is 346 g/mol. The standard InChI is InChI=1S/C24H39N3O/c1-20(2)18-25(3)24(28)22-10-7-14-27(19-22)23-12-16-26(17-13-23)15-11-21-8-5-4-6-9-21/h4-6,8-9,20,22-23H,7,10-19H2,1-3H3/t22-/m1/s1. The van der Waals surface area contributed by atoms with E-state index in [4.69, 9.17) is 0 Å².